The maximum absolute atomic E-state index is 10.5. The quantitative estimate of drug-likeness (QED) is 0.141. The molecule has 0 saturated heterocycles. The van der Waals surface area contributed by atoms with Gasteiger partial charge in [-0.25, -0.2) is 4.72 Å². The summed E-state index contributed by atoms with van der Waals surface area (Å²) >= 11 is 0. The number of aliphatic hydroxyl groups excluding tert-OH is 11. The molecule has 0 bridgehead atoms. The molecule has 1 amide bonds. The smallest absolute Gasteiger partial charge is 0.394 e. The molecule has 1 aliphatic rings. The van der Waals surface area contributed by atoms with Crippen molar-refractivity contribution in [2.24, 2.45) is 0 Å². The van der Waals surface area contributed by atoms with Gasteiger partial charge in [0.05, 0.1) is 26.4 Å². The number of amides is 1. The van der Waals surface area contributed by atoms with E-state index >= 15 is 0 Å². The van der Waals surface area contributed by atoms with Gasteiger partial charge in [0, 0.05) is 6.08 Å². The first-order chi connectivity index (χ1) is 14.7. The second-order valence-corrected chi connectivity index (χ2v) is 7.51. The Bertz CT molecular complexity index is 633. The maximum atomic E-state index is 10.5. The van der Waals surface area contributed by atoms with E-state index in [1.165, 1.54) is 6.92 Å². The molecule has 1 heterocycles. The molecule has 12 N–H and O–H groups in total. The predicted molar refractivity (Wildman–Crippen MR) is 102 cm³/mol. The molecule has 7 atom stereocenters. The molecule has 1 unspecified atom stereocenters. The average molecular weight is 497 g/mol. The van der Waals surface area contributed by atoms with Crippen LogP contribution in [-0.4, -0.2) is 140 Å². The molecule has 32 heavy (non-hydrogen) atoms. The van der Waals surface area contributed by atoms with Gasteiger partial charge in [0.25, 0.3) is 5.91 Å². The first-order valence-electron chi connectivity index (χ1n) is 8.81. The molecule has 1 rings (SSSR count). The van der Waals surface area contributed by atoms with Gasteiger partial charge in [-0.2, -0.15) is 8.42 Å². The molecule has 1 aliphatic heterocycles. The number of aliphatic hydroxyl groups is 11. The number of rotatable bonds is 9. The van der Waals surface area contributed by atoms with E-state index in [0.29, 0.717) is 0 Å². The number of carbonyl (C=O) groups is 1. The Morgan fingerprint density at radius 1 is 0.750 bits per heavy atom. The SMILES string of the molecule is CC1=CC(=O)NS(=O)(=O)O1.OC[C@@H](O)C(O)[C@@H](O)CO.OC[C@@H](O)[C@@H](O)[C@H](O)[C@@H](O)CO. The Morgan fingerprint density at radius 2 is 1.06 bits per heavy atom. The summed E-state index contributed by atoms with van der Waals surface area (Å²) < 4.78 is 26.8. The van der Waals surface area contributed by atoms with Gasteiger partial charge in [-0.15, -0.1) is 0 Å². The fourth-order valence-corrected chi connectivity index (χ4v) is 2.44. The van der Waals surface area contributed by atoms with E-state index in [4.69, 9.17) is 56.2 Å². The van der Waals surface area contributed by atoms with Crippen LogP contribution in [0.1, 0.15) is 6.92 Å². The molecule has 0 saturated carbocycles. The Hall–Kier alpha value is -1.48. The van der Waals surface area contributed by atoms with Gasteiger partial charge in [-0.3, -0.25) is 4.79 Å². The molecule has 0 fully saturated rings. The molecule has 0 aromatic carbocycles. The number of carbonyl (C=O) groups excluding carboxylic acids is 1. The highest BCUT2D eigenvalue weighted by Crippen LogP contribution is 2.05. The lowest BCUT2D eigenvalue weighted by molar-refractivity contribution is -0.123. The Kier molecular flexibility index (Phi) is 16.5. The van der Waals surface area contributed by atoms with Crippen molar-refractivity contribution in [1.82, 2.24) is 4.72 Å². The van der Waals surface area contributed by atoms with Crippen LogP contribution in [-0.2, 0) is 19.3 Å². The minimum atomic E-state index is -3.85. The first-order valence-corrected chi connectivity index (χ1v) is 10.2. The molecular formula is C15H31NO15S. The van der Waals surface area contributed by atoms with E-state index in [0.717, 1.165) is 6.08 Å². The van der Waals surface area contributed by atoms with Gasteiger partial charge in [0.1, 0.15) is 48.5 Å². The van der Waals surface area contributed by atoms with Crippen LogP contribution in [0.4, 0.5) is 0 Å². The number of hydrogen-bond acceptors (Lipinski definition) is 15. The van der Waals surface area contributed by atoms with Crippen molar-refractivity contribution in [1.29, 1.82) is 0 Å². The largest absolute Gasteiger partial charge is 0.409 e. The summed E-state index contributed by atoms with van der Waals surface area (Å²) in [5.74, 6) is -0.604. The summed E-state index contributed by atoms with van der Waals surface area (Å²) in [5.41, 5.74) is 0. The Balaban J connectivity index is 0. The Morgan fingerprint density at radius 3 is 1.31 bits per heavy atom. The van der Waals surface area contributed by atoms with Crippen LogP contribution in [0.5, 0.6) is 0 Å². The van der Waals surface area contributed by atoms with Gasteiger partial charge in [-0.05, 0) is 6.92 Å². The lowest BCUT2D eigenvalue weighted by atomic mass is 10.0. The molecule has 17 heteroatoms. The molecule has 0 radical (unpaired) electrons. The maximum Gasteiger partial charge on any atom is 0.409 e. The van der Waals surface area contributed by atoms with Crippen LogP contribution in [0.25, 0.3) is 0 Å². The van der Waals surface area contributed by atoms with Gasteiger partial charge in [0.2, 0.25) is 0 Å². The standard InChI is InChI=1S/C6H14O6.C5H12O5.C4H5NO4S/c7-1-3(9)5(11)6(12)4(10)2-8;6-1-3(8)5(10)4(9)2-7;1-3-2-4(6)5-10(7,8)9-3/h3-12H,1-2H2;3-10H,1-2H2;2H,1H3,(H,5,6)/t3-,4+,5-,6-;3-,4+,5?;/m1../s1. The third kappa shape index (κ3) is 13.2. The van der Waals surface area contributed by atoms with Crippen LogP contribution in [0.3, 0.4) is 0 Å². The molecule has 16 nitrogen and oxygen atoms in total. The van der Waals surface area contributed by atoms with Gasteiger partial charge >= 0.3 is 10.3 Å². The van der Waals surface area contributed by atoms with Crippen molar-refractivity contribution >= 4 is 16.2 Å². The zero-order chi connectivity index (χ0) is 25.6. The molecule has 0 aliphatic carbocycles. The number of nitrogens with one attached hydrogen (secondary N) is 1. The second-order valence-electron chi connectivity index (χ2n) is 6.23. The molecule has 192 valence electrons. The number of allylic oxidation sites excluding steroid dienone is 1. The van der Waals surface area contributed by atoms with Gasteiger partial charge < -0.3 is 60.4 Å². The van der Waals surface area contributed by atoms with Crippen LogP contribution < -0.4 is 4.72 Å². The molecule has 0 aromatic heterocycles. The van der Waals surface area contributed by atoms with E-state index in [1.54, 1.807) is 4.72 Å². The summed E-state index contributed by atoms with van der Waals surface area (Å²) in [6.45, 7) is -1.35. The van der Waals surface area contributed by atoms with Crippen LogP contribution >= 0.6 is 0 Å². The highest BCUT2D eigenvalue weighted by molar-refractivity contribution is 7.85. The zero-order valence-electron chi connectivity index (χ0n) is 16.9. The summed E-state index contributed by atoms with van der Waals surface area (Å²) in [4.78, 5) is 10.4. The van der Waals surface area contributed by atoms with Crippen molar-refractivity contribution in [2.45, 2.75) is 49.7 Å². The van der Waals surface area contributed by atoms with Crippen LogP contribution in [0, 0.1) is 0 Å². The first kappa shape index (κ1) is 32.7. The van der Waals surface area contributed by atoms with Crippen molar-refractivity contribution in [2.75, 3.05) is 26.4 Å². The highest BCUT2D eigenvalue weighted by atomic mass is 32.2. The third-order valence-corrected chi connectivity index (χ3v) is 4.41. The van der Waals surface area contributed by atoms with Gasteiger partial charge in [-0.1, -0.05) is 0 Å². The molecule has 0 spiro atoms. The number of hydrogen-bond donors (Lipinski definition) is 12. The summed E-state index contributed by atoms with van der Waals surface area (Å²) in [5, 5.41) is 94.8. The summed E-state index contributed by atoms with van der Waals surface area (Å²) in [7, 11) is -3.85. The molecular weight excluding hydrogens is 466 g/mol. The van der Waals surface area contributed by atoms with Crippen molar-refractivity contribution in [3.8, 4) is 0 Å². The minimum Gasteiger partial charge on any atom is -0.394 e. The van der Waals surface area contributed by atoms with Crippen molar-refractivity contribution in [3.05, 3.63) is 11.8 Å². The van der Waals surface area contributed by atoms with Gasteiger partial charge in [0.15, 0.2) is 0 Å². The van der Waals surface area contributed by atoms with Crippen molar-refractivity contribution < 1.29 is 73.6 Å². The highest BCUT2D eigenvalue weighted by Gasteiger charge is 2.29. The summed E-state index contributed by atoms with van der Waals surface area (Å²) in [6.07, 6.45) is -9.63. The monoisotopic (exact) mass is 497 g/mol. The van der Waals surface area contributed by atoms with E-state index in [1.807, 2.05) is 0 Å². The fraction of sp³-hybridized carbons (Fsp3) is 0.800. The average Bonchev–Trinajstić information content (AvgIpc) is 2.74. The predicted octanol–water partition coefficient (Wildman–Crippen LogP) is -7.25. The van der Waals surface area contributed by atoms with E-state index < -0.39 is 85.4 Å². The van der Waals surface area contributed by atoms with Crippen molar-refractivity contribution in [3.63, 3.8) is 0 Å². The van der Waals surface area contributed by atoms with Crippen LogP contribution in [0.2, 0.25) is 0 Å². The lowest BCUT2D eigenvalue weighted by Crippen LogP contribution is -2.46. The van der Waals surface area contributed by atoms with E-state index in [2.05, 4.69) is 4.18 Å². The second kappa shape index (κ2) is 16.2. The van der Waals surface area contributed by atoms with E-state index in [-0.39, 0.29) is 5.76 Å². The zero-order valence-corrected chi connectivity index (χ0v) is 17.7. The van der Waals surface area contributed by atoms with Crippen LogP contribution in [0.15, 0.2) is 11.8 Å². The van der Waals surface area contributed by atoms with E-state index in [9.17, 15) is 13.2 Å². The molecule has 0 aromatic rings. The summed E-state index contributed by atoms with van der Waals surface area (Å²) in [6, 6.07) is 0. The topological polar surface area (TPSA) is 295 Å². The third-order valence-electron chi connectivity index (χ3n) is 3.48. The minimum absolute atomic E-state index is 0.0729. The normalized spacial score (nSPS) is 21.4. The fourth-order valence-electron chi connectivity index (χ4n) is 1.70. The lowest BCUT2D eigenvalue weighted by Gasteiger charge is -2.24. The Labute approximate surface area is 183 Å².